The van der Waals surface area contributed by atoms with Crippen LogP contribution < -0.4 is 15.6 Å². The maximum atomic E-state index is 11.2. The Morgan fingerprint density at radius 3 is 2.67 bits per heavy atom. The molecule has 1 fully saturated rings. The van der Waals surface area contributed by atoms with E-state index in [0.717, 1.165) is 35.7 Å². The molecule has 0 radical (unpaired) electrons. The number of nitrogens with one attached hydrogen (secondary N) is 2. The standard InChI is InChI=1S/C28H34N6O2/c1-17(2)33-26(35)21-15-31-25(13-23(21)34(33)20-7-10-30-24(12-20)27(3,4)36)32-19-5-6-22-18(11-19)14-29-16-28(22)8-9-28/h5-7,10-13,15,17,26,29,35-36H,8-9,14,16H2,1-4H3,(H,31,32). The Morgan fingerprint density at radius 1 is 1.14 bits per heavy atom. The Hall–Kier alpha value is -3.04. The van der Waals surface area contributed by atoms with Crippen molar-refractivity contribution in [1.82, 2.24) is 20.3 Å². The van der Waals surface area contributed by atoms with Crippen molar-refractivity contribution in [3.8, 4) is 0 Å². The molecule has 8 heteroatoms. The van der Waals surface area contributed by atoms with Crippen LogP contribution in [0.5, 0.6) is 0 Å². The zero-order valence-corrected chi connectivity index (χ0v) is 21.3. The van der Waals surface area contributed by atoms with Gasteiger partial charge in [0.15, 0.2) is 6.23 Å². The van der Waals surface area contributed by atoms with Crippen LogP contribution in [0.25, 0.3) is 0 Å². The molecule has 1 unspecified atom stereocenters. The van der Waals surface area contributed by atoms with Crippen molar-refractivity contribution in [1.29, 1.82) is 0 Å². The lowest BCUT2D eigenvalue weighted by molar-refractivity contribution is -0.00415. The molecular formula is C28H34N6O2. The van der Waals surface area contributed by atoms with Crippen molar-refractivity contribution in [2.75, 3.05) is 16.9 Å². The highest BCUT2D eigenvalue weighted by Gasteiger charge is 2.46. The van der Waals surface area contributed by atoms with Crippen molar-refractivity contribution in [2.24, 2.45) is 0 Å². The summed E-state index contributed by atoms with van der Waals surface area (Å²) in [6.45, 7) is 9.49. The van der Waals surface area contributed by atoms with Gasteiger partial charge in [-0.1, -0.05) is 6.07 Å². The van der Waals surface area contributed by atoms with Crippen molar-refractivity contribution in [2.45, 2.75) is 70.4 Å². The summed E-state index contributed by atoms with van der Waals surface area (Å²) < 4.78 is 0. The fraction of sp³-hybridized carbons (Fsp3) is 0.429. The topological polar surface area (TPSA) is 96.8 Å². The largest absolute Gasteiger partial charge is 0.384 e. The van der Waals surface area contributed by atoms with Crippen LogP contribution in [0.4, 0.5) is 22.9 Å². The summed E-state index contributed by atoms with van der Waals surface area (Å²) in [5.74, 6) is 0.707. The second kappa shape index (κ2) is 8.24. The van der Waals surface area contributed by atoms with Crippen LogP contribution in [-0.2, 0) is 17.6 Å². The number of anilines is 4. The number of hydrazine groups is 1. The number of aliphatic hydroxyl groups excluding tert-OH is 1. The molecule has 3 aromatic rings. The predicted molar refractivity (Wildman–Crippen MR) is 140 cm³/mol. The quantitative estimate of drug-likeness (QED) is 0.423. The number of aliphatic hydroxyl groups is 2. The minimum Gasteiger partial charge on any atom is -0.384 e. The fourth-order valence-electron chi connectivity index (χ4n) is 5.57. The zero-order valence-electron chi connectivity index (χ0n) is 21.3. The molecule has 3 aliphatic rings. The maximum Gasteiger partial charge on any atom is 0.154 e. The summed E-state index contributed by atoms with van der Waals surface area (Å²) >= 11 is 0. The van der Waals surface area contributed by atoms with E-state index in [9.17, 15) is 10.2 Å². The third kappa shape index (κ3) is 3.85. The van der Waals surface area contributed by atoms with E-state index in [-0.39, 0.29) is 6.04 Å². The third-order valence-electron chi connectivity index (χ3n) is 7.63. The first-order valence-electron chi connectivity index (χ1n) is 12.7. The minimum absolute atomic E-state index is 0.0189. The van der Waals surface area contributed by atoms with E-state index in [2.05, 4.69) is 38.8 Å². The van der Waals surface area contributed by atoms with Crippen molar-refractivity contribution in [3.05, 3.63) is 71.2 Å². The molecule has 2 aromatic heterocycles. The lowest BCUT2D eigenvalue weighted by atomic mass is 9.88. The van der Waals surface area contributed by atoms with Crippen LogP contribution >= 0.6 is 0 Å². The van der Waals surface area contributed by atoms with Crippen molar-refractivity contribution in [3.63, 3.8) is 0 Å². The summed E-state index contributed by atoms with van der Waals surface area (Å²) in [5, 5.41) is 32.7. The van der Waals surface area contributed by atoms with Gasteiger partial charge in [0.05, 0.1) is 17.1 Å². The average Bonchev–Trinajstić information content (AvgIpc) is 3.54. The smallest absolute Gasteiger partial charge is 0.154 e. The van der Waals surface area contributed by atoms with Gasteiger partial charge in [0.2, 0.25) is 0 Å². The van der Waals surface area contributed by atoms with Crippen molar-refractivity contribution < 1.29 is 10.2 Å². The number of hydrogen-bond donors (Lipinski definition) is 4. The van der Waals surface area contributed by atoms with Gasteiger partial charge in [-0.2, -0.15) is 5.01 Å². The fourth-order valence-corrected chi connectivity index (χ4v) is 5.57. The first kappa shape index (κ1) is 23.4. The van der Waals surface area contributed by atoms with Gasteiger partial charge in [-0.25, -0.2) is 4.98 Å². The van der Waals surface area contributed by atoms with Crippen LogP contribution in [0, 0.1) is 0 Å². The van der Waals surface area contributed by atoms with Crippen molar-refractivity contribution >= 4 is 22.9 Å². The van der Waals surface area contributed by atoms with E-state index in [0.29, 0.717) is 16.9 Å². The molecule has 1 saturated carbocycles. The maximum absolute atomic E-state index is 11.2. The number of fused-ring (bicyclic) bond motifs is 3. The van der Waals surface area contributed by atoms with Crippen LogP contribution in [-0.4, -0.2) is 37.8 Å². The van der Waals surface area contributed by atoms with Crippen LogP contribution in [0.15, 0.2) is 48.8 Å². The highest BCUT2D eigenvalue weighted by atomic mass is 16.3. The minimum atomic E-state index is -1.08. The molecule has 2 aliphatic heterocycles. The van der Waals surface area contributed by atoms with Crippen LogP contribution in [0.2, 0.25) is 0 Å². The SMILES string of the molecule is CC(C)N1C(O)c2cnc(Nc3ccc4c(c3)CNCC43CC3)cc2N1c1ccnc(C(C)(C)O)c1. The van der Waals surface area contributed by atoms with E-state index in [1.807, 2.05) is 42.1 Å². The summed E-state index contributed by atoms with van der Waals surface area (Å²) in [6.07, 6.45) is 5.14. The highest BCUT2D eigenvalue weighted by molar-refractivity contribution is 5.73. The third-order valence-corrected chi connectivity index (χ3v) is 7.63. The molecule has 0 bridgehead atoms. The average molecular weight is 487 g/mol. The molecule has 0 saturated heterocycles. The molecular weight excluding hydrogens is 452 g/mol. The van der Waals surface area contributed by atoms with E-state index in [1.165, 1.54) is 24.0 Å². The van der Waals surface area contributed by atoms with Crippen LogP contribution in [0.1, 0.15) is 69.1 Å². The lowest BCUT2D eigenvalue weighted by Crippen LogP contribution is -2.41. The summed E-state index contributed by atoms with van der Waals surface area (Å²) in [5.41, 5.74) is 6.07. The molecule has 4 heterocycles. The van der Waals surface area contributed by atoms with Gasteiger partial charge >= 0.3 is 0 Å². The molecule has 0 amide bonds. The molecule has 188 valence electrons. The first-order chi connectivity index (χ1) is 17.2. The monoisotopic (exact) mass is 486 g/mol. The van der Waals surface area contributed by atoms with E-state index >= 15 is 0 Å². The normalized spacial score (nSPS) is 20.5. The van der Waals surface area contributed by atoms with Crippen LogP contribution in [0.3, 0.4) is 0 Å². The molecule has 1 spiro atoms. The highest BCUT2D eigenvalue weighted by Crippen LogP contribution is 2.51. The number of aromatic nitrogens is 2. The molecule has 4 N–H and O–H groups in total. The Morgan fingerprint density at radius 2 is 1.94 bits per heavy atom. The zero-order chi connectivity index (χ0) is 25.2. The lowest BCUT2D eigenvalue weighted by Gasteiger charge is -2.35. The van der Waals surface area contributed by atoms with Gasteiger partial charge < -0.3 is 20.8 Å². The van der Waals surface area contributed by atoms with Gasteiger partial charge in [0.25, 0.3) is 0 Å². The molecule has 1 aromatic carbocycles. The Kier molecular flexibility index (Phi) is 5.35. The van der Waals surface area contributed by atoms with Gasteiger partial charge in [0.1, 0.15) is 11.4 Å². The molecule has 1 atom stereocenters. The summed E-state index contributed by atoms with van der Waals surface area (Å²) in [7, 11) is 0. The van der Waals surface area contributed by atoms with E-state index < -0.39 is 11.8 Å². The Bertz CT molecular complexity index is 1310. The van der Waals surface area contributed by atoms with Gasteiger partial charge in [-0.05, 0) is 75.9 Å². The first-order valence-corrected chi connectivity index (χ1v) is 12.7. The Balaban J connectivity index is 1.36. The Labute approximate surface area is 212 Å². The molecule has 1 aliphatic carbocycles. The number of hydrogen-bond acceptors (Lipinski definition) is 8. The predicted octanol–water partition coefficient (Wildman–Crippen LogP) is 4.35. The summed E-state index contributed by atoms with van der Waals surface area (Å²) in [6, 6.07) is 12.4. The number of pyridine rings is 2. The number of rotatable bonds is 5. The summed E-state index contributed by atoms with van der Waals surface area (Å²) in [4.78, 5) is 9.00. The molecule has 6 rings (SSSR count). The number of nitrogens with zero attached hydrogens (tertiary/aromatic N) is 4. The van der Waals surface area contributed by atoms with Gasteiger partial charge in [-0.15, -0.1) is 0 Å². The second-order valence-corrected chi connectivity index (χ2v) is 11.1. The number of benzene rings is 1. The molecule has 8 nitrogen and oxygen atoms in total. The van der Waals surface area contributed by atoms with E-state index in [4.69, 9.17) is 0 Å². The second-order valence-electron chi connectivity index (χ2n) is 11.1. The van der Waals surface area contributed by atoms with Gasteiger partial charge in [0, 0.05) is 54.3 Å². The van der Waals surface area contributed by atoms with Gasteiger partial charge in [-0.3, -0.25) is 9.99 Å². The molecule has 36 heavy (non-hydrogen) atoms. The van der Waals surface area contributed by atoms with E-state index in [1.54, 1.807) is 26.2 Å².